The van der Waals surface area contributed by atoms with Crippen molar-refractivity contribution in [2.24, 2.45) is 5.73 Å². The molecule has 3 N–H and O–H groups in total. The predicted molar refractivity (Wildman–Crippen MR) is 106 cm³/mol. The number of aryl methyl sites for hydroxylation is 1. The third-order valence-corrected chi connectivity index (χ3v) is 5.79. The maximum absolute atomic E-state index is 12.2. The molecule has 4 nitrogen and oxygen atoms in total. The number of carbonyl (C=O) groups is 1. The molecule has 1 amide bonds. The van der Waals surface area contributed by atoms with Crippen LogP contribution >= 0.6 is 23.7 Å². The smallest absolute Gasteiger partial charge is 0.234 e. The molecule has 6 heteroatoms. The van der Waals surface area contributed by atoms with Gasteiger partial charge in [-0.3, -0.25) is 9.69 Å². The van der Waals surface area contributed by atoms with E-state index in [1.807, 2.05) is 18.2 Å². The number of nitrogens with one attached hydrogen (secondary N) is 1. The molecule has 25 heavy (non-hydrogen) atoms. The summed E-state index contributed by atoms with van der Waals surface area (Å²) < 4.78 is 0. The number of nitrogens with zero attached hydrogens (tertiary/aromatic N) is 1. The molecule has 1 fully saturated rings. The van der Waals surface area contributed by atoms with Crippen LogP contribution in [0.5, 0.6) is 0 Å². The van der Waals surface area contributed by atoms with Crippen LogP contribution < -0.4 is 11.1 Å². The van der Waals surface area contributed by atoms with Gasteiger partial charge in [-0.15, -0.1) is 23.7 Å². The summed E-state index contributed by atoms with van der Waals surface area (Å²) in [6.45, 7) is 4.80. The summed E-state index contributed by atoms with van der Waals surface area (Å²) in [7, 11) is 0. The first-order valence-corrected chi connectivity index (χ1v) is 9.34. The van der Waals surface area contributed by atoms with E-state index in [9.17, 15) is 4.79 Å². The topological polar surface area (TPSA) is 58.4 Å². The summed E-state index contributed by atoms with van der Waals surface area (Å²) in [4.78, 5) is 16.9. The first-order chi connectivity index (χ1) is 11.7. The predicted octanol–water partition coefficient (Wildman–Crippen LogP) is 2.78. The fraction of sp³-hybridized carbons (Fsp3) is 0.421. The van der Waals surface area contributed by atoms with Crippen molar-refractivity contribution in [1.29, 1.82) is 0 Å². The summed E-state index contributed by atoms with van der Waals surface area (Å²) in [5, 5.41) is 3.02. The minimum absolute atomic E-state index is 0. The molecule has 0 unspecified atom stereocenters. The third-order valence-electron chi connectivity index (χ3n) is 4.56. The largest absolute Gasteiger partial charge is 0.350 e. The molecule has 0 bridgehead atoms. The van der Waals surface area contributed by atoms with E-state index in [0.29, 0.717) is 19.0 Å². The molecular formula is C19H26ClN3OS. The van der Waals surface area contributed by atoms with Gasteiger partial charge in [-0.25, -0.2) is 0 Å². The standard InChI is InChI=1S/C19H25N3OS.ClH/c1-2-15-8-9-16(24-15)10-21-19(23)13-22-11-17(18(20)12-22)14-6-4-3-5-7-14;/h3-9,17-18H,2,10-13,20H2,1H3,(H,21,23);1H/t17-,18+;/m0./s1. The second-order valence-electron chi connectivity index (χ2n) is 6.37. The first-order valence-electron chi connectivity index (χ1n) is 8.53. The number of hydrogen-bond acceptors (Lipinski definition) is 4. The van der Waals surface area contributed by atoms with Crippen molar-refractivity contribution < 1.29 is 4.79 Å². The van der Waals surface area contributed by atoms with Crippen LogP contribution in [0.1, 0.15) is 28.2 Å². The molecule has 136 valence electrons. The molecule has 0 saturated carbocycles. The maximum Gasteiger partial charge on any atom is 0.234 e. The molecule has 1 aliphatic rings. The van der Waals surface area contributed by atoms with E-state index in [0.717, 1.165) is 19.5 Å². The Morgan fingerprint density at radius 1 is 1.20 bits per heavy atom. The van der Waals surface area contributed by atoms with Crippen LogP contribution in [0, 0.1) is 0 Å². The fourth-order valence-corrected chi connectivity index (χ4v) is 4.15. The Kier molecular flexibility index (Phi) is 7.44. The van der Waals surface area contributed by atoms with Crippen molar-refractivity contribution >= 4 is 29.7 Å². The Balaban J connectivity index is 0.00000225. The van der Waals surface area contributed by atoms with Gasteiger partial charge in [0.1, 0.15) is 0 Å². The lowest BCUT2D eigenvalue weighted by molar-refractivity contribution is -0.122. The molecule has 1 aliphatic heterocycles. The van der Waals surface area contributed by atoms with E-state index < -0.39 is 0 Å². The van der Waals surface area contributed by atoms with Gasteiger partial charge >= 0.3 is 0 Å². The van der Waals surface area contributed by atoms with Gasteiger partial charge in [0.25, 0.3) is 0 Å². The van der Waals surface area contributed by atoms with Crippen LogP contribution in [0.3, 0.4) is 0 Å². The summed E-state index contributed by atoms with van der Waals surface area (Å²) in [5.74, 6) is 0.380. The molecule has 2 atom stereocenters. The number of halogens is 1. The molecule has 2 aromatic rings. The lowest BCUT2D eigenvalue weighted by atomic mass is 9.95. The van der Waals surface area contributed by atoms with E-state index in [1.54, 1.807) is 11.3 Å². The minimum atomic E-state index is 0. The monoisotopic (exact) mass is 379 g/mol. The van der Waals surface area contributed by atoms with Gasteiger partial charge < -0.3 is 11.1 Å². The van der Waals surface area contributed by atoms with Crippen molar-refractivity contribution in [2.45, 2.75) is 31.8 Å². The van der Waals surface area contributed by atoms with E-state index in [2.05, 4.69) is 41.4 Å². The zero-order valence-electron chi connectivity index (χ0n) is 14.5. The Morgan fingerprint density at radius 2 is 1.92 bits per heavy atom. The Hall–Kier alpha value is -1.40. The highest BCUT2D eigenvalue weighted by Crippen LogP contribution is 2.26. The van der Waals surface area contributed by atoms with Crippen LogP contribution in [-0.2, 0) is 17.8 Å². The number of hydrogen-bond donors (Lipinski definition) is 2. The Labute approximate surface area is 159 Å². The zero-order chi connectivity index (χ0) is 16.9. The zero-order valence-corrected chi connectivity index (χ0v) is 16.1. The number of amides is 1. The van der Waals surface area contributed by atoms with Gasteiger partial charge in [-0.05, 0) is 24.1 Å². The van der Waals surface area contributed by atoms with Gasteiger partial charge in [-0.2, -0.15) is 0 Å². The van der Waals surface area contributed by atoms with Crippen LogP contribution in [0.2, 0.25) is 0 Å². The number of thiophene rings is 1. The normalized spacial score (nSPS) is 20.2. The van der Waals surface area contributed by atoms with E-state index in [1.165, 1.54) is 15.3 Å². The van der Waals surface area contributed by atoms with Gasteiger partial charge in [0.2, 0.25) is 5.91 Å². The van der Waals surface area contributed by atoms with Gasteiger partial charge in [-0.1, -0.05) is 37.3 Å². The van der Waals surface area contributed by atoms with Crippen LogP contribution in [0.15, 0.2) is 42.5 Å². The summed E-state index contributed by atoms with van der Waals surface area (Å²) in [5.41, 5.74) is 7.55. The lowest BCUT2D eigenvalue weighted by Gasteiger charge is -2.15. The summed E-state index contributed by atoms with van der Waals surface area (Å²) in [6.07, 6.45) is 1.05. The Bertz CT molecular complexity index is 676. The van der Waals surface area contributed by atoms with Gasteiger partial charge in [0.15, 0.2) is 0 Å². The van der Waals surface area contributed by atoms with Crippen molar-refractivity contribution in [3.05, 3.63) is 57.8 Å². The fourth-order valence-electron chi connectivity index (χ4n) is 3.25. The highest BCUT2D eigenvalue weighted by molar-refractivity contribution is 7.11. The summed E-state index contributed by atoms with van der Waals surface area (Å²) in [6, 6.07) is 14.7. The van der Waals surface area contributed by atoms with Gasteiger partial charge in [0, 0.05) is 34.8 Å². The van der Waals surface area contributed by atoms with E-state index >= 15 is 0 Å². The van der Waals surface area contributed by atoms with Crippen molar-refractivity contribution in [3.8, 4) is 0 Å². The van der Waals surface area contributed by atoms with Crippen molar-refractivity contribution in [1.82, 2.24) is 10.2 Å². The molecule has 2 heterocycles. The highest BCUT2D eigenvalue weighted by atomic mass is 35.5. The third kappa shape index (κ3) is 5.28. The number of carbonyl (C=O) groups excluding carboxylic acids is 1. The average molecular weight is 380 g/mol. The van der Waals surface area contributed by atoms with Crippen LogP contribution in [0.4, 0.5) is 0 Å². The molecule has 1 saturated heterocycles. The first kappa shape index (κ1) is 19.9. The number of rotatable bonds is 6. The highest BCUT2D eigenvalue weighted by Gasteiger charge is 2.31. The maximum atomic E-state index is 12.2. The number of nitrogens with two attached hydrogens (primary N) is 1. The molecule has 3 rings (SSSR count). The quantitative estimate of drug-likeness (QED) is 0.811. The SMILES string of the molecule is CCc1ccc(CNC(=O)CN2C[C@@H](N)[C@H](c3ccccc3)C2)s1.Cl. The molecular weight excluding hydrogens is 354 g/mol. The van der Waals surface area contributed by atoms with E-state index in [4.69, 9.17) is 5.73 Å². The average Bonchev–Trinajstić information content (AvgIpc) is 3.20. The second kappa shape index (κ2) is 9.34. The van der Waals surface area contributed by atoms with Crippen LogP contribution in [-0.4, -0.2) is 36.5 Å². The van der Waals surface area contributed by atoms with Crippen molar-refractivity contribution in [2.75, 3.05) is 19.6 Å². The Morgan fingerprint density at radius 3 is 2.60 bits per heavy atom. The summed E-state index contributed by atoms with van der Waals surface area (Å²) >= 11 is 1.77. The molecule has 0 spiro atoms. The van der Waals surface area contributed by atoms with Gasteiger partial charge in [0.05, 0.1) is 13.1 Å². The second-order valence-corrected chi connectivity index (χ2v) is 7.63. The van der Waals surface area contributed by atoms with E-state index in [-0.39, 0.29) is 24.4 Å². The van der Waals surface area contributed by atoms with Crippen LogP contribution in [0.25, 0.3) is 0 Å². The number of likely N-dealkylation sites (tertiary alicyclic amines) is 1. The molecule has 0 radical (unpaired) electrons. The molecule has 1 aromatic carbocycles. The van der Waals surface area contributed by atoms with Crippen molar-refractivity contribution in [3.63, 3.8) is 0 Å². The number of benzene rings is 1. The molecule has 0 aliphatic carbocycles. The molecule has 1 aromatic heterocycles. The lowest BCUT2D eigenvalue weighted by Crippen LogP contribution is -2.36. The minimum Gasteiger partial charge on any atom is -0.350 e.